The highest BCUT2D eigenvalue weighted by atomic mass is 32.1. The van der Waals surface area contributed by atoms with E-state index in [1.165, 1.54) is 4.88 Å². The average molecular weight is 404 g/mol. The van der Waals surface area contributed by atoms with Crippen LogP contribution in [-0.4, -0.2) is 11.0 Å². The highest BCUT2D eigenvalue weighted by Crippen LogP contribution is 2.43. The molecule has 1 aliphatic rings. The SMILES string of the molecule is O=C(NCc1ccc(C(O)c2cccs2)s1)C1(c2cccs2)CCCC1. The molecule has 3 nitrogen and oxygen atoms in total. The van der Waals surface area contributed by atoms with Crippen LogP contribution in [0.15, 0.2) is 47.2 Å². The van der Waals surface area contributed by atoms with Gasteiger partial charge in [-0.15, -0.1) is 34.0 Å². The minimum atomic E-state index is -0.572. The zero-order valence-corrected chi connectivity index (χ0v) is 16.8. The summed E-state index contributed by atoms with van der Waals surface area (Å²) in [6.45, 7) is 0.522. The van der Waals surface area contributed by atoms with Crippen LogP contribution in [0.2, 0.25) is 0 Å². The Balaban J connectivity index is 1.43. The van der Waals surface area contributed by atoms with Crippen molar-refractivity contribution >= 4 is 39.9 Å². The first-order chi connectivity index (χ1) is 12.7. The van der Waals surface area contributed by atoms with Gasteiger partial charge in [-0.2, -0.15) is 0 Å². The quantitative estimate of drug-likeness (QED) is 0.603. The summed E-state index contributed by atoms with van der Waals surface area (Å²) in [5.74, 6) is 0.145. The second-order valence-electron chi connectivity index (χ2n) is 6.67. The second kappa shape index (κ2) is 7.64. The third kappa shape index (κ3) is 3.39. The maximum Gasteiger partial charge on any atom is 0.231 e. The maximum absolute atomic E-state index is 13.0. The molecule has 0 bridgehead atoms. The molecule has 0 radical (unpaired) electrons. The molecule has 1 aliphatic carbocycles. The molecule has 1 saturated carbocycles. The van der Waals surface area contributed by atoms with Crippen molar-refractivity contribution in [2.24, 2.45) is 0 Å². The summed E-state index contributed by atoms with van der Waals surface area (Å²) in [6.07, 6.45) is 3.53. The van der Waals surface area contributed by atoms with E-state index >= 15 is 0 Å². The van der Waals surface area contributed by atoms with E-state index in [-0.39, 0.29) is 11.3 Å². The molecular formula is C20H21NO2S3. The van der Waals surface area contributed by atoms with E-state index in [9.17, 15) is 9.90 Å². The van der Waals surface area contributed by atoms with Gasteiger partial charge in [0, 0.05) is 19.5 Å². The van der Waals surface area contributed by atoms with Crippen LogP contribution >= 0.6 is 34.0 Å². The molecule has 0 aromatic carbocycles. The molecule has 3 aromatic heterocycles. The lowest BCUT2D eigenvalue weighted by Gasteiger charge is -2.26. The smallest absolute Gasteiger partial charge is 0.231 e. The summed E-state index contributed by atoms with van der Waals surface area (Å²) in [5.41, 5.74) is -0.343. The van der Waals surface area contributed by atoms with Crippen molar-refractivity contribution in [2.75, 3.05) is 0 Å². The van der Waals surface area contributed by atoms with Gasteiger partial charge in [0.25, 0.3) is 0 Å². The highest BCUT2D eigenvalue weighted by Gasteiger charge is 2.43. The number of rotatable bonds is 6. The summed E-state index contributed by atoms with van der Waals surface area (Å²) in [7, 11) is 0. The Morgan fingerprint density at radius 1 is 1.08 bits per heavy atom. The van der Waals surface area contributed by atoms with Gasteiger partial charge in [-0.25, -0.2) is 0 Å². The third-order valence-corrected chi connectivity index (χ3v) is 8.21. The van der Waals surface area contributed by atoms with Crippen molar-refractivity contribution < 1.29 is 9.90 Å². The standard InChI is InChI=1S/C20H21NO2S3/c22-18(15-5-3-11-24-15)16-8-7-14(26-16)13-21-19(23)20(9-1-2-10-20)17-6-4-12-25-17/h3-8,11-12,18,22H,1-2,9-10,13H2,(H,21,23). The summed E-state index contributed by atoms with van der Waals surface area (Å²) in [6, 6.07) is 12.0. The first-order valence-corrected chi connectivity index (χ1v) is 11.4. The molecule has 3 aromatic rings. The average Bonchev–Trinajstić information content (AvgIpc) is 3.45. The number of amides is 1. The number of nitrogens with one attached hydrogen (secondary N) is 1. The normalized spacial score (nSPS) is 17.3. The lowest BCUT2D eigenvalue weighted by atomic mass is 9.83. The molecular weight excluding hydrogens is 382 g/mol. The number of aliphatic hydroxyl groups excluding tert-OH is 1. The van der Waals surface area contributed by atoms with Crippen molar-refractivity contribution in [3.8, 4) is 0 Å². The fourth-order valence-electron chi connectivity index (χ4n) is 3.67. The summed E-state index contributed by atoms with van der Waals surface area (Å²) >= 11 is 4.81. The monoisotopic (exact) mass is 403 g/mol. The molecule has 4 rings (SSSR count). The van der Waals surface area contributed by atoms with E-state index in [1.807, 2.05) is 35.7 Å². The molecule has 3 heterocycles. The van der Waals surface area contributed by atoms with E-state index in [2.05, 4.69) is 16.8 Å². The lowest BCUT2D eigenvalue weighted by Crippen LogP contribution is -2.41. The van der Waals surface area contributed by atoms with Gasteiger partial charge in [-0.3, -0.25) is 4.79 Å². The van der Waals surface area contributed by atoms with Crippen molar-refractivity contribution in [2.45, 2.75) is 43.7 Å². The van der Waals surface area contributed by atoms with Gasteiger partial charge in [0.2, 0.25) is 5.91 Å². The molecule has 1 amide bonds. The Labute approximate surface area is 165 Å². The first kappa shape index (κ1) is 17.9. The Morgan fingerprint density at radius 2 is 1.85 bits per heavy atom. The molecule has 26 heavy (non-hydrogen) atoms. The number of aliphatic hydroxyl groups is 1. The summed E-state index contributed by atoms with van der Waals surface area (Å²) in [4.78, 5) is 17.1. The van der Waals surface area contributed by atoms with Crippen molar-refractivity contribution in [3.05, 3.63) is 66.7 Å². The zero-order valence-electron chi connectivity index (χ0n) is 14.3. The van der Waals surface area contributed by atoms with Crippen molar-refractivity contribution in [1.29, 1.82) is 0 Å². The maximum atomic E-state index is 13.0. The van der Waals surface area contributed by atoms with Crippen LogP contribution < -0.4 is 5.32 Å². The minimum absolute atomic E-state index is 0.145. The fourth-order valence-corrected chi connectivity index (χ4v) is 6.42. The van der Waals surface area contributed by atoms with Crippen LogP contribution in [0.5, 0.6) is 0 Å². The number of carbonyl (C=O) groups is 1. The summed E-state index contributed by atoms with van der Waals surface area (Å²) in [5, 5.41) is 17.6. The fraction of sp³-hybridized carbons (Fsp3) is 0.350. The Kier molecular flexibility index (Phi) is 5.27. The van der Waals surface area contributed by atoms with Gasteiger partial charge < -0.3 is 10.4 Å². The number of hydrogen-bond donors (Lipinski definition) is 2. The molecule has 0 saturated heterocycles. The van der Waals surface area contributed by atoms with Gasteiger partial charge in [0.05, 0.1) is 12.0 Å². The van der Waals surface area contributed by atoms with Crippen LogP contribution in [0.25, 0.3) is 0 Å². The summed E-state index contributed by atoms with van der Waals surface area (Å²) < 4.78 is 0. The van der Waals surface area contributed by atoms with Gasteiger partial charge in [0.1, 0.15) is 6.10 Å². The predicted octanol–water partition coefficient (Wildman–Crippen LogP) is 5.08. The molecule has 1 unspecified atom stereocenters. The topological polar surface area (TPSA) is 49.3 Å². The van der Waals surface area contributed by atoms with Gasteiger partial charge in [-0.1, -0.05) is 25.0 Å². The van der Waals surface area contributed by atoms with Crippen molar-refractivity contribution in [1.82, 2.24) is 5.32 Å². The van der Waals surface area contributed by atoms with E-state index < -0.39 is 6.10 Å². The first-order valence-electron chi connectivity index (χ1n) is 8.81. The van der Waals surface area contributed by atoms with E-state index in [0.717, 1.165) is 40.3 Å². The van der Waals surface area contributed by atoms with Crippen LogP contribution in [0.1, 0.15) is 51.3 Å². The molecule has 0 spiro atoms. The predicted molar refractivity (Wildman–Crippen MR) is 109 cm³/mol. The Bertz CT molecular complexity index is 846. The molecule has 1 fully saturated rings. The third-order valence-electron chi connectivity index (χ3n) is 5.07. The number of hydrogen-bond acceptors (Lipinski definition) is 5. The van der Waals surface area contributed by atoms with Gasteiger partial charge in [-0.05, 0) is 47.9 Å². The minimum Gasteiger partial charge on any atom is -0.382 e. The Morgan fingerprint density at radius 3 is 2.54 bits per heavy atom. The second-order valence-corrected chi connectivity index (χ2v) is 9.80. The van der Waals surface area contributed by atoms with Gasteiger partial charge in [0.15, 0.2) is 0 Å². The lowest BCUT2D eigenvalue weighted by molar-refractivity contribution is -0.126. The van der Waals surface area contributed by atoms with Crippen molar-refractivity contribution in [3.63, 3.8) is 0 Å². The van der Waals surface area contributed by atoms with Crippen LogP contribution in [-0.2, 0) is 16.8 Å². The van der Waals surface area contributed by atoms with E-state index in [4.69, 9.17) is 0 Å². The number of thiophene rings is 3. The van der Waals surface area contributed by atoms with E-state index in [0.29, 0.717) is 6.54 Å². The molecule has 0 aliphatic heterocycles. The Hall–Kier alpha value is -1.47. The highest BCUT2D eigenvalue weighted by molar-refractivity contribution is 7.13. The van der Waals surface area contributed by atoms with Crippen LogP contribution in [0, 0.1) is 0 Å². The molecule has 2 N–H and O–H groups in total. The molecule has 1 atom stereocenters. The molecule has 6 heteroatoms. The zero-order chi connectivity index (χ0) is 18.0. The van der Waals surface area contributed by atoms with E-state index in [1.54, 1.807) is 34.0 Å². The van der Waals surface area contributed by atoms with Crippen LogP contribution in [0.4, 0.5) is 0 Å². The number of carbonyl (C=O) groups excluding carboxylic acids is 1. The van der Waals surface area contributed by atoms with Gasteiger partial charge >= 0.3 is 0 Å². The molecule has 136 valence electrons. The van der Waals surface area contributed by atoms with Crippen LogP contribution in [0.3, 0.4) is 0 Å². The largest absolute Gasteiger partial charge is 0.382 e.